The highest BCUT2D eigenvalue weighted by molar-refractivity contribution is 7.80. The van der Waals surface area contributed by atoms with Crippen LogP contribution >= 0.6 is 12.2 Å². The number of hydrogen-bond donors (Lipinski definition) is 2. The maximum absolute atomic E-state index is 5.35. The Labute approximate surface area is 125 Å². The van der Waals surface area contributed by atoms with E-state index in [1.807, 2.05) is 0 Å². The van der Waals surface area contributed by atoms with E-state index in [-0.39, 0.29) is 0 Å². The largest absolute Gasteiger partial charge is 0.363 e. The number of rotatable bonds is 9. The van der Waals surface area contributed by atoms with Crippen LogP contribution in [0.5, 0.6) is 0 Å². The second-order valence-corrected chi connectivity index (χ2v) is 6.26. The van der Waals surface area contributed by atoms with Crippen molar-refractivity contribution in [2.75, 3.05) is 6.54 Å². The summed E-state index contributed by atoms with van der Waals surface area (Å²) in [5, 5.41) is 7.68. The van der Waals surface area contributed by atoms with Gasteiger partial charge in [-0.05, 0) is 31.5 Å². The number of nitrogens with one attached hydrogen (secondary N) is 2. The number of thiocarbonyl (C=S) groups is 1. The van der Waals surface area contributed by atoms with Crippen molar-refractivity contribution in [2.24, 2.45) is 0 Å². The fourth-order valence-corrected chi connectivity index (χ4v) is 3.04. The summed E-state index contributed by atoms with van der Waals surface area (Å²) in [4.78, 5) is 0. The van der Waals surface area contributed by atoms with Crippen molar-refractivity contribution in [1.29, 1.82) is 0 Å². The lowest BCUT2D eigenvalue weighted by atomic mass is 9.96. The van der Waals surface area contributed by atoms with Gasteiger partial charge in [-0.15, -0.1) is 0 Å². The molecule has 1 fully saturated rings. The second kappa shape index (κ2) is 11.5. The van der Waals surface area contributed by atoms with E-state index in [1.165, 1.54) is 77.0 Å². The van der Waals surface area contributed by atoms with Crippen LogP contribution < -0.4 is 10.6 Å². The van der Waals surface area contributed by atoms with Crippen molar-refractivity contribution in [3.63, 3.8) is 0 Å². The molecule has 1 aliphatic rings. The molecule has 0 amide bonds. The molecule has 1 aliphatic carbocycles. The van der Waals surface area contributed by atoms with Crippen molar-refractivity contribution in [3.8, 4) is 0 Å². The normalized spacial score (nSPS) is 16.3. The van der Waals surface area contributed by atoms with E-state index in [2.05, 4.69) is 17.6 Å². The third-order valence-electron chi connectivity index (χ3n) is 4.01. The van der Waals surface area contributed by atoms with Crippen LogP contribution in [0.2, 0.25) is 0 Å². The fraction of sp³-hybridized carbons (Fsp3) is 0.938. The third kappa shape index (κ3) is 9.26. The molecule has 0 heterocycles. The monoisotopic (exact) mass is 284 g/mol. The van der Waals surface area contributed by atoms with Gasteiger partial charge in [0.1, 0.15) is 0 Å². The first-order valence-electron chi connectivity index (χ1n) is 8.37. The zero-order valence-electron chi connectivity index (χ0n) is 12.7. The lowest BCUT2D eigenvalue weighted by molar-refractivity contribution is 0.412. The standard InChI is InChI=1S/C16H32N2S/c1-2-3-4-5-6-7-11-14-17-16(19)18-15-12-9-8-10-13-15/h15H,2-14H2,1H3,(H2,17,18,19). The number of unbranched alkanes of at least 4 members (excludes halogenated alkanes) is 6. The molecular formula is C16H32N2S. The van der Waals surface area contributed by atoms with Crippen molar-refractivity contribution in [3.05, 3.63) is 0 Å². The van der Waals surface area contributed by atoms with Crippen molar-refractivity contribution < 1.29 is 0 Å². The van der Waals surface area contributed by atoms with Crippen LogP contribution in [-0.2, 0) is 0 Å². The summed E-state index contributed by atoms with van der Waals surface area (Å²) < 4.78 is 0. The first-order valence-corrected chi connectivity index (χ1v) is 8.78. The molecule has 112 valence electrons. The number of hydrogen-bond acceptors (Lipinski definition) is 1. The summed E-state index contributed by atoms with van der Waals surface area (Å²) >= 11 is 5.35. The Morgan fingerprint density at radius 1 is 0.947 bits per heavy atom. The zero-order chi connectivity index (χ0) is 13.8. The van der Waals surface area contributed by atoms with Gasteiger partial charge in [-0.25, -0.2) is 0 Å². The molecule has 2 nitrogen and oxygen atoms in total. The predicted octanol–water partition coefficient (Wildman–Crippen LogP) is 4.53. The van der Waals surface area contributed by atoms with Crippen molar-refractivity contribution in [2.45, 2.75) is 90.0 Å². The van der Waals surface area contributed by atoms with E-state index in [1.54, 1.807) is 0 Å². The third-order valence-corrected chi connectivity index (χ3v) is 4.27. The molecule has 0 radical (unpaired) electrons. The van der Waals surface area contributed by atoms with Crippen LogP contribution in [0.1, 0.15) is 84.0 Å². The molecule has 0 aromatic carbocycles. The summed E-state index contributed by atoms with van der Waals surface area (Å²) in [6, 6.07) is 0.628. The molecule has 1 rings (SSSR count). The Hall–Kier alpha value is -0.310. The van der Waals surface area contributed by atoms with Gasteiger partial charge < -0.3 is 10.6 Å². The van der Waals surface area contributed by atoms with Gasteiger partial charge in [0, 0.05) is 12.6 Å². The van der Waals surface area contributed by atoms with Gasteiger partial charge in [-0.1, -0.05) is 64.7 Å². The van der Waals surface area contributed by atoms with E-state index >= 15 is 0 Å². The Kier molecular flexibility index (Phi) is 10.1. The van der Waals surface area contributed by atoms with Gasteiger partial charge in [0.05, 0.1) is 0 Å². The topological polar surface area (TPSA) is 24.1 Å². The van der Waals surface area contributed by atoms with Gasteiger partial charge in [0.25, 0.3) is 0 Å². The lowest BCUT2D eigenvalue weighted by Gasteiger charge is -2.24. The van der Waals surface area contributed by atoms with Crippen LogP contribution in [0.15, 0.2) is 0 Å². The Balaban J connectivity index is 1.87. The predicted molar refractivity (Wildman–Crippen MR) is 88.6 cm³/mol. The summed E-state index contributed by atoms with van der Waals surface area (Å²) in [5.74, 6) is 0. The van der Waals surface area contributed by atoms with Crippen molar-refractivity contribution in [1.82, 2.24) is 10.6 Å². The van der Waals surface area contributed by atoms with Gasteiger partial charge >= 0.3 is 0 Å². The van der Waals surface area contributed by atoms with Crippen LogP contribution in [-0.4, -0.2) is 17.7 Å². The lowest BCUT2D eigenvalue weighted by Crippen LogP contribution is -2.42. The highest BCUT2D eigenvalue weighted by Crippen LogP contribution is 2.17. The molecular weight excluding hydrogens is 252 g/mol. The van der Waals surface area contributed by atoms with Gasteiger partial charge in [-0.2, -0.15) is 0 Å². The molecule has 0 bridgehead atoms. The SMILES string of the molecule is CCCCCCCCCNC(=S)NC1CCCCC1. The Morgan fingerprint density at radius 2 is 1.58 bits per heavy atom. The molecule has 0 aromatic heterocycles. The van der Waals surface area contributed by atoms with Crippen LogP contribution in [0.4, 0.5) is 0 Å². The first-order chi connectivity index (χ1) is 9.33. The quantitative estimate of drug-likeness (QED) is 0.480. The first kappa shape index (κ1) is 16.7. The summed E-state index contributed by atoms with van der Waals surface area (Å²) in [6.07, 6.45) is 16.2. The molecule has 0 aromatic rings. The molecule has 3 heteroatoms. The fourth-order valence-electron chi connectivity index (χ4n) is 2.77. The van der Waals surface area contributed by atoms with Crippen LogP contribution in [0.25, 0.3) is 0 Å². The minimum Gasteiger partial charge on any atom is -0.363 e. The minimum absolute atomic E-state index is 0.628. The minimum atomic E-state index is 0.628. The van der Waals surface area contributed by atoms with Gasteiger partial charge in [-0.3, -0.25) is 0 Å². The molecule has 2 N–H and O–H groups in total. The highest BCUT2D eigenvalue weighted by Gasteiger charge is 2.13. The zero-order valence-corrected chi connectivity index (χ0v) is 13.5. The summed E-state index contributed by atoms with van der Waals surface area (Å²) in [5.41, 5.74) is 0. The molecule has 0 spiro atoms. The Bertz CT molecular complexity index is 225. The van der Waals surface area contributed by atoms with E-state index in [0.717, 1.165) is 11.7 Å². The smallest absolute Gasteiger partial charge is 0.166 e. The average Bonchev–Trinajstić information content (AvgIpc) is 2.43. The van der Waals surface area contributed by atoms with Crippen LogP contribution in [0, 0.1) is 0 Å². The van der Waals surface area contributed by atoms with Crippen LogP contribution in [0.3, 0.4) is 0 Å². The molecule has 19 heavy (non-hydrogen) atoms. The summed E-state index contributed by atoms with van der Waals surface area (Å²) in [6.45, 7) is 3.30. The Morgan fingerprint density at radius 3 is 2.26 bits per heavy atom. The molecule has 1 saturated carbocycles. The van der Waals surface area contributed by atoms with Crippen molar-refractivity contribution >= 4 is 17.3 Å². The molecule has 0 unspecified atom stereocenters. The molecule has 0 aliphatic heterocycles. The molecule has 0 atom stereocenters. The van der Waals surface area contributed by atoms with E-state index in [9.17, 15) is 0 Å². The summed E-state index contributed by atoms with van der Waals surface area (Å²) in [7, 11) is 0. The van der Waals surface area contributed by atoms with E-state index in [4.69, 9.17) is 12.2 Å². The maximum atomic E-state index is 5.35. The second-order valence-electron chi connectivity index (χ2n) is 5.86. The maximum Gasteiger partial charge on any atom is 0.166 e. The van der Waals surface area contributed by atoms with Gasteiger partial charge in [0.2, 0.25) is 0 Å². The van der Waals surface area contributed by atoms with E-state index in [0.29, 0.717) is 6.04 Å². The highest BCUT2D eigenvalue weighted by atomic mass is 32.1. The molecule has 0 saturated heterocycles. The van der Waals surface area contributed by atoms with Gasteiger partial charge in [0.15, 0.2) is 5.11 Å². The average molecular weight is 285 g/mol. The van der Waals surface area contributed by atoms with E-state index < -0.39 is 0 Å².